The number of aromatic amines is 1. The fourth-order valence-corrected chi connectivity index (χ4v) is 2.19. The Balaban J connectivity index is 1.87. The first kappa shape index (κ1) is 13.4. The highest BCUT2D eigenvalue weighted by molar-refractivity contribution is 5.50. The van der Waals surface area contributed by atoms with Gasteiger partial charge in [0.2, 0.25) is 0 Å². The van der Waals surface area contributed by atoms with E-state index >= 15 is 0 Å². The molecule has 0 saturated heterocycles. The van der Waals surface area contributed by atoms with Gasteiger partial charge in [0.1, 0.15) is 11.7 Å². The van der Waals surface area contributed by atoms with E-state index in [9.17, 15) is 4.39 Å². The fourth-order valence-electron chi connectivity index (χ4n) is 2.19. The van der Waals surface area contributed by atoms with Gasteiger partial charge >= 0.3 is 0 Å². The zero-order chi connectivity index (χ0) is 14.8. The van der Waals surface area contributed by atoms with Crippen molar-refractivity contribution in [3.05, 3.63) is 52.3 Å². The molecule has 21 heavy (non-hydrogen) atoms. The largest absolute Gasteiger partial charge is 0.378 e. The van der Waals surface area contributed by atoms with Crippen LogP contribution in [0.1, 0.15) is 11.3 Å². The van der Waals surface area contributed by atoms with Gasteiger partial charge in [-0.2, -0.15) is 0 Å². The number of halogens is 1. The van der Waals surface area contributed by atoms with Crippen LogP contribution in [-0.4, -0.2) is 31.8 Å². The van der Waals surface area contributed by atoms with E-state index in [1.807, 2.05) is 49.3 Å². The van der Waals surface area contributed by atoms with Gasteiger partial charge in [0.25, 0.3) is 0 Å². The quantitative estimate of drug-likeness (QED) is 0.783. The average molecular weight is 281 g/mol. The van der Waals surface area contributed by atoms with Gasteiger partial charge in [-0.3, -0.25) is 4.99 Å². The number of hydrogen-bond donors (Lipinski definition) is 1. The number of hydrogen-bond acceptors (Lipinski definition) is 2. The van der Waals surface area contributed by atoms with Crippen molar-refractivity contribution in [2.24, 2.45) is 4.99 Å². The maximum atomic E-state index is 13.2. The van der Waals surface area contributed by atoms with E-state index in [1.54, 1.807) is 6.08 Å². The van der Waals surface area contributed by atoms with Gasteiger partial charge in [-0.05, 0) is 42.3 Å². The van der Waals surface area contributed by atoms with Crippen LogP contribution in [0.5, 0.6) is 0 Å². The summed E-state index contributed by atoms with van der Waals surface area (Å²) in [5.41, 5.74) is 3.55. The van der Waals surface area contributed by atoms with E-state index in [0.717, 1.165) is 27.7 Å². The lowest BCUT2D eigenvalue weighted by Crippen LogP contribution is -2.30. The molecule has 1 aliphatic rings. The Labute approximate surface area is 122 Å². The number of nitrogens with zero attached hydrogens (tertiary/aromatic N) is 2. The molecule has 0 aliphatic carbocycles. The normalized spacial score (nSPS) is 16.0. The minimum Gasteiger partial charge on any atom is -0.378 e. The fraction of sp³-hybridized carbons (Fsp3) is 0.235. The minimum absolute atomic E-state index is 0.187. The van der Waals surface area contributed by atoms with Crippen LogP contribution in [0, 0.1) is 11.8 Å². The van der Waals surface area contributed by atoms with Crippen molar-refractivity contribution in [1.29, 1.82) is 0 Å². The highest BCUT2D eigenvalue weighted by Gasteiger charge is 2.07. The molecule has 106 valence electrons. The summed E-state index contributed by atoms with van der Waals surface area (Å²) in [7, 11) is 4.00. The number of alkyl halides is 1. The van der Waals surface area contributed by atoms with E-state index < -0.39 is 6.17 Å². The molecular weight excluding hydrogens is 265 g/mol. The van der Waals surface area contributed by atoms with Crippen LogP contribution >= 0.6 is 0 Å². The van der Waals surface area contributed by atoms with E-state index in [4.69, 9.17) is 0 Å². The molecule has 1 aliphatic heterocycles. The molecule has 0 amide bonds. The molecule has 1 aromatic heterocycles. The highest BCUT2D eigenvalue weighted by Crippen LogP contribution is 2.11. The summed E-state index contributed by atoms with van der Waals surface area (Å²) in [6.45, 7) is 0.187. The molecule has 3 nitrogen and oxygen atoms in total. The number of H-pyrrole nitrogens is 1. The monoisotopic (exact) mass is 281 g/mol. The molecule has 1 unspecified atom stereocenters. The topological polar surface area (TPSA) is 31.4 Å². The number of aromatic nitrogens is 1. The Morgan fingerprint density at radius 3 is 2.71 bits per heavy atom. The molecule has 2 heterocycles. The van der Waals surface area contributed by atoms with Crippen molar-refractivity contribution in [3.8, 4) is 11.8 Å². The Hall–Kier alpha value is -2.54. The van der Waals surface area contributed by atoms with Gasteiger partial charge in [-0.25, -0.2) is 4.39 Å². The molecular formula is C17H16FN3. The van der Waals surface area contributed by atoms with Crippen molar-refractivity contribution in [2.45, 2.75) is 6.17 Å². The van der Waals surface area contributed by atoms with Crippen LogP contribution in [-0.2, 0) is 0 Å². The summed E-state index contributed by atoms with van der Waals surface area (Å²) in [5, 5.41) is 0.793. The maximum Gasteiger partial charge on any atom is 0.139 e. The Morgan fingerprint density at radius 2 is 2.00 bits per heavy atom. The second-order valence-electron chi connectivity index (χ2n) is 5.20. The summed E-state index contributed by atoms with van der Waals surface area (Å²) in [6, 6.07) is 9.87. The summed E-state index contributed by atoms with van der Waals surface area (Å²) < 4.78 is 13.2. The first-order valence-electron chi connectivity index (χ1n) is 6.81. The van der Waals surface area contributed by atoms with E-state index in [1.165, 1.54) is 0 Å². The van der Waals surface area contributed by atoms with Crippen molar-refractivity contribution in [2.75, 3.05) is 25.5 Å². The van der Waals surface area contributed by atoms with E-state index in [2.05, 4.69) is 21.8 Å². The molecule has 1 aromatic carbocycles. The van der Waals surface area contributed by atoms with Crippen LogP contribution in [0.2, 0.25) is 0 Å². The number of nitrogens with one attached hydrogen (secondary N) is 1. The molecule has 0 spiro atoms. The number of rotatable bonds is 1. The molecule has 4 heteroatoms. The van der Waals surface area contributed by atoms with Crippen molar-refractivity contribution in [1.82, 2.24) is 4.98 Å². The molecule has 0 fully saturated rings. The smallest absolute Gasteiger partial charge is 0.139 e. The SMILES string of the molecule is CN(C)c1ccc(C#Cc2cc3c([nH]2)=NCC(F)C=3)cc1. The number of anilines is 1. The van der Waals surface area contributed by atoms with Gasteiger partial charge in [-0.15, -0.1) is 0 Å². The maximum absolute atomic E-state index is 13.2. The summed E-state index contributed by atoms with van der Waals surface area (Å²) in [4.78, 5) is 9.30. The predicted molar refractivity (Wildman–Crippen MR) is 82.6 cm³/mol. The summed E-state index contributed by atoms with van der Waals surface area (Å²) in [6.07, 6.45) is 0.586. The van der Waals surface area contributed by atoms with Gasteiger partial charge in [0.05, 0.1) is 12.2 Å². The Morgan fingerprint density at radius 1 is 1.24 bits per heavy atom. The van der Waals surface area contributed by atoms with Gasteiger partial charge in [-0.1, -0.05) is 5.92 Å². The molecule has 0 bridgehead atoms. The standard InChI is InChI=1S/C17H16FN3/c1-21(2)16-7-4-12(5-8-16)3-6-15-10-13-9-14(18)11-19-17(13)20-15/h4-5,7-10,14H,11H2,1-2H3,(H,19,20). The van der Waals surface area contributed by atoms with Crippen LogP contribution in [0.4, 0.5) is 10.1 Å². The van der Waals surface area contributed by atoms with Crippen LogP contribution in [0.3, 0.4) is 0 Å². The molecule has 1 atom stereocenters. The Bertz CT molecular complexity index is 820. The van der Waals surface area contributed by atoms with E-state index in [0.29, 0.717) is 0 Å². The molecule has 3 rings (SSSR count). The first-order valence-corrected chi connectivity index (χ1v) is 6.81. The highest BCUT2D eigenvalue weighted by atomic mass is 19.1. The third kappa shape index (κ3) is 2.97. The number of fused-ring (bicyclic) bond motifs is 1. The van der Waals surface area contributed by atoms with Crippen molar-refractivity contribution in [3.63, 3.8) is 0 Å². The lowest BCUT2D eigenvalue weighted by molar-refractivity contribution is 0.422. The zero-order valence-electron chi connectivity index (χ0n) is 12.0. The lowest BCUT2D eigenvalue weighted by atomic mass is 10.2. The van der Waals surface area contributed by atoms with Gasteiger partial charge in [0.15, 0.2) is 0 Å². The molecule has 0 radical (unpaired) electrons. The zero-order valence-corrected chi connectivity index (χ0v) is 12.0. The second-order valence-corrected chi connectivity index (χ2v) is 5.20. The van der Waals surface area contributed by atoms with E-state index in [-0.39, 0.29) is 6.54 Å². The van der Waals surface area contributed by atoms with Crippen LogP contribution in [0.15, 0.2) is 35.3 Å². The van der Waals surface area contributed by atoms with Crippen LogP contribution in [0.25, 0.3) is 6.08 Å². The van der Waals surface area contributed by atoms with Gasteiger partial charge in [0, 0.05) is 30.6 Å². The second kappa shape index (κ2) is 5.45. The minimum atomic E-state index is -0.993. The van der Waals surface area contributed by atoms with Gasteiger partial charge < -0.3 is 9.88 Å². The molecule has 0 saturated carbocycles. The van der Waals surface area contributed by atoms with Crippen LogP contribution < -0.4 is 15.6 Å². The first-order chi connectivity index (χ1) is 10.1. The van der Waals surface area contributed by atoms with Crippen molar-refractivity contribution < 1.29 is 4.39 Å². The van der Waals surface area contributed by atoms with Crippen molar-refractivity contribution >= 4 is 11.8 Å². The summed E-state index contributed by atoms with van der Waals surface area (Å²) >= 11 is 0. The summed E-state index contributed by atoms with van der Waals surface area (Å²) in [5.74, 6) is 6.16. The lowest BCUT2D eigenvalue weighted by Gasteiger charge is -2.11. The predicted octanol–water partition coefficient (Wildman–Crippen LogP) is 1.23. The molecule has 1 N–H and O–H groups in total. The molecule has 2 aromatic rings. The average Bonchev–Trinajstić information content (AvgIpc) is 2.87. The third-order valence-corrected chi connectivity index (χ3v) is 3.34. The number of benzene rings is 1. The third-order valence-electron chi connectivity index (χ3n) is 3.34. The Kier molecular flexibility index (Phi) is 3.49.